The molecule has 7 nitrogen and oxygen atoms in total. The molecule has 1 aliphatic rings. The lowest BCUT2D eigenvalue weighted by molar-refractivity contribution is -0.154. The lowest BCUT2D eigenvalue weighted by Crippen LogP contribution is -2.34. The Kier molecular flexibility index (Phi) is 8.10. The highest BCUT2D eigenvalue weighted by molar-refractivity contribution is 6.46. The summed E-state index contributed by atoms with van der Waals surface area (Å²) in [6.45, 7) is 7.87. The fraction of sp³-hybridized carbons (Fsp3) is 0.385. The molecule has 1 heterocycles. The van der Waals surface area contributed by atoms with Crippen molar-refractivity contribution in [2.45, 2.75) is 52.2 Å². The van der Waals surface area contributed by atoms with E-state index in [1.807, 2.05) is 25.1 Å². The molecule has 0 radical (unpaired) electrons. The third-order valence-electron chi connectivity index (χ3n) is 5.30. The van der Waals surface area contributed by atoms with Crippen LogP contribution in [0, 0.1) is 0 Å². The summed E-state index contributed by atoms with van der Waals surface area (Å²) >= 11 is 6.07. The number of halogens is 1. The van der Waals surface area contributed by atoms with Crippen LogP contribution in [-0.2, 0) is 14.3 Å². The van der Waals surface area contributed by atoms with Gasteiger partial charge in [0, 0.05) is 22.7 Å². The fourth-order valence-corrected chi connectivity index (χ4v) is 3.96. The van der Waals surface area contributed by atoms with Gasteiger partial charge < -0.3 is 15.0 Å². The van der Waals surface area contributed by atoms with Crippen LogP contribution in [0.1, 0.15) is 68.1 Å². The van der Waals surface area contributed by atoms with Gasteiger partial charge in [0.15, 0.2) is 0 Å². The van der Waals surface area contributed by atoms with Gasteiger partial charge in [-0.15, -0.1) is 0 Å². The van der Waals surface area contributed by atoms with Gasteiger partial charge in [0.1, 0.15) is 18.0 Å². The number of hydrogen-bond donors (Lipinski definition) is 1. The highest BCUT2D eigenvalue weighted by Crippen LogP contribution is 2.28. The third-order valence-corrected chi connectivity index (χ3v) is 5.53. The van der Waals surface area contributed by atoms with Gasteiger partial charge in [0.25, 0.3) is 11.8 Å². The molecule has 2 aromatic rings. The first kappa shape index (κ1) is 25.4. The maximum absolute atomic E-state index is 13.1. The molecule has 3 rings (SSSR count). The number of nitrogens with zero attached hydrogens (tertiary/aromatic N) is 2. The first-order chi connectivity index (χ1) is 16.1. The van der Waals surface area contributed by atoms with E-state index in [2.05, 4.69) is 10.3 Å². The molecule has 2 aromatic carbocycles. The smallest absolute Gasteiger partial charge is 0.308 e. The van der Waals surface area contributed by atoms with Crippen LogP contribution in [0.2, 0.25) is 5.02 Å². The molecule has 34 heavy (non-hydrogen) atoms. The Labute approximate surface area is 205 Å². The molecule has 1 unspecified atom stereocenters. The molecule has 1 N–H and O–H groups in total. The molecular weight excluding hydrogens is 454 g/mol. The maximum atomic E-state index is 13.1. The van der Waals surface area contributed by atoms with Crippen molar-refractivity contribution in [2.24, 2.45) is 4.99 Å². The number of ether oxygens (including phenoxy) is 1. The first-order valence-electron chi connectivity index (χ1n) is 11.3. The standard InChI is InChI=1S/C26H30ClN3O4/c1-5-21(30-16-29-23(25(30)33)19-7-6-8-20(27)15-19)17-9-11-18(12-10-17)24(32)28-14-13-22(31)34-26(2,3)4/h6-12,15,21H,5,13-14,16H2,1-4H3,(H,28,32). The van der Waals surface area contributed by atoms with Gasteiger partial charge in [-0.25, -0.2) is 0 Å². The van der Waals surface area contributed by atoms with Crippen LogP contribution >= 0.6 is 11.6 Å². The summed E-state index contributed by atoms with van der Waals surface area (Å²) in [6.07, 6.45) is 0.802. The SMILES string of the molecule is CCC(c1ccc(C(=O)NCCC(=O)OC(C)(C)C)cc1)N1CN=C(c2cccc(Cl)c2)C1=O. The van der Waals surface area contributed by atoms with E-state index in [4.69, 9.17) is 16.3 Å². The molecule has 0 spiro atoms. The molecule has 8 heteroatoms. The predicted molar refractivity (Wildman–Crippen MR) is 132 cm³/mol. The summed E-state index contributed by atoms with van der Waals surface area (Å²) in [6, 6.07) is 14.1. The topological polar surface area (TPSA) is 88.1 Å². The van der Waals surface area contributed by atoms with Gasteiger partial charge in [-0.3, -0.25) is 19.4 Å². The molecule has 2 amide bonds. The summed E-state index contributed by atoms with van der Waals surface area (Å²) in [5, 5.41) is 3.29. The largest absolute Gasteiger partial charge is 0.460 e. The van der Waals surface area contributed by atoms with Gasteiger partial charge in [-0.1, -0.05) is 42.8 Å². The van der Waals surface area contributed by atoms with Gasteiger partial charge in [0.05, 0.1) is 12.5 Å². The highest BCUT2D eigenvalue weighted by atomic mass is 35.5. The molecule has 1 atom stereocenters. The Morgan fingerprint density at radius 3 is 2.50 bits per heavy atom. The number of esters is 1. The quantitative estimate of drug-likeness (QED) is 0.558. The summed E-state index contributed by atoms with van der Waals surface area (Å²) < 4.78 is 5.24. The summed E-state index contributed by atoms with van der Waals surface area (Å²) in [4.78, 5) is 43.5. The molecule has 1 aliphatic heterocycles. The van der Waals surface area contributed by atoms with Gasteiger partial charge >= 0.3 is 5.97 Å². The number of rotatable bonds is 8. The average Bonchev–Trinajstić information content (AvgIpc) is 3.14. The van der Waals surface area contributed by atoms with Gasteiger partial charge in [-0.2, -0.15) is 0 Å². The van der Waals surface area contributed by atoms with Crippen molar-refractivity contribution in [2.75, 3.05) is 13.2 Å². The molecule has 0 fully saturated rings. The maximum Gasteiger partial charge on any atom is 0.308 e. The van der Waals surface area contributed by atoms with Crippen LogP contribution < -0.4 is 5.32 Å². The second-order valence-corrected chi connectivity index (χ2v) is 9.51. The number of benzene rings is 2. The Morgan fingerprint density at radius 2 is 1.88 bits per heavy atom. The average molecular weight is 484 g/mol. The van der Waals surface area contributed by atoms with E-state index < -0.39 is 5.60 Å². The monoisotopic (exact) mass is 483 g/mol. The Morgan fingerprint density at radius 1 is 1.18 bits per heavy atom. The van der Waals surface area contributed by atoms with Crippen molar-refractivity contribution < 1.29 is 19.1 Å². The number of hydrogen-bond acceptors (Lipinski definition) is 5. The van der Waals surface area contributed by atoms with Crippen LogP contribution in [0.4, 0.5) is 0 Å². The number of carbonyl (C=O) groups excluding carboxylic acids is 3. The fourth-order valence-electron chi connectivity index (χ4n) is 3.77. The second kappa shape index (κ2) is 10.8. The summed E-state index contributed by atoms with van der Waals surface area (Å²) in [5.74, 6) is -0.770. The van der Waals surface area contributed by atoms with Crippen molar-refractivity contribution in [3.8, 4) is 0 Å². The predicted octanol–water partition coefficient (Wildman–Crippen LogP) is 4.54. The zero-order chi connectivity index (χ0) is 24.9. The molecule has 0 aliphatic carbocycles. The Balaban J connectivity index is 1.60. The van der Waals surface area contributed by atoms with Crippen molar-refractivity contribution >= 4 is 35.1 Å². The van der Waals surface area contributed by atoms with Crippen LogP contribution in [0.25, 0.3) is 0 Å². The number of aliphatic imine (C=N–C) groups is 1. The van der Waals surface area contributed by atoms with Crippen molar-refractivity contribution in [1.29, 1.82) is 0 Å². The van der Waals surface area contributed by atoms with Crippen molar-refractivity contribution in [3.05, 3.63) is 70.2 Å². The molecule has 0 aromatic heterocycles. The molecular formula is C26H30ClN3O4. The molecule has 180 valence electrons. The van der Waals surface area contributed by atoms with E-state index in [0.717, 1.165) is 5.56 Å². The van der Waals surface area contributed by atoms with Crippen LogP contribution in [0.15, 0.2) is 53.5 Å². The summed E-state index contributed by atoms with van der Waals surface area (Å²) in [5.41, 5.74) is 1.95. The van der Waals surface area contributed by atoms with E-state index in [1.165, 1.54) is 0 Å². The van der Waals surface area contributed by atoms with Gasteiger partial charge in [0.2, 0.25) is 0 Å². The lowest BCUT2D eigenvalue weighted by Gasteiger charge is -2.26. The lowest BCUT2D eigenvalue weighted by atomic mass is 10.0. The summed E-state index contributed by atoms with van der Waals surface area (Å²) in [7, 11) is 0. The number of amides is 2. The third kappa shape index (κ3) is 6.44. The second-order valence-electron chi connectivity index (χ2n) is 9.07. The van der Waals surface area contributed by atoms with Crippen LogP contribution in [-0.4, -0.2) is 47.2 Å². The van der Waals surface area contributed by atoms with Crippen molar-refractivity contribution in [3.63, 3.8) is 0 Å². The number of nitrogens with one attached hydrogen (secondary N) is 1. The van der Waals surface area contributed by atoms with E-state index in [0.29, 0.717) is 28.3 Å². The normalized spacial score (nSPS) is 14.6. The minimum Gasteiger partial charge on any atom is -0.460 e. The van der Waals surface area contributed by atoms with E-state index >= 15 is 0 Å². The molecule has 0 saturated heterocycles. The zero-order valence-electron chi connectivity index (χ0n) is 19.9. The molecule has 0 saturated carbocycles. The van der Waals surface area contributed by atoms with Gasteiger partial charge in [-0.05, 0) is 57.0 Å². The van der Waals surface area contributed by atoms with Crippen LogP contribution in [0.5, 0.6) is 0 Å². The Hall–Kier alpha value is -3.19. The van der Waals surface area contributed by atoms with Crippen LogP contribution in [0.3, 0.4) is 0 Å². The minimum absolute atomic E-state index is 0.102. The number of carbonyl (C=O) groups is 3. The molecule has 0 bridgehead atoms. The van der Waals surface area contributed by atoms with Crippen molar-refractivity contribution in [1.82, 2.24) is 10.2 Å². The zero-order valence-corrected chi connectivity index (χ0v) is 20.7. The van der Waals surface area contributed by atoms with E-state index in [1.54, 1.807) is 56.0 Å². The highest BCUT2D eigenvalue weighted by Gasteiger charge is 2.32. The van der Waals surface area contributed by atoms with E-state index in [9.17, 15) is 14.4 Å². The Bertz CT molecular complexity index is 1090. The minimum atomic E-state index is -0.552. The van der Waals surface area contributed by atoms with E-state index in [-0.39, 0.29) is 43.5 Å². The first-order valence-corrected chi connectivity index (χ1v) is 11.7.